The van der Waals surface area contributed by atoms with Gasteiger partial charge in [0, 0.05) is 16.1 Å². The van der Waals surface area contributed by atoms with Crippen LogP contribution < -0.4 is 16.1 Å². The van der Waals surface area contributed by atoms with Gasteiger partial charge in [-0.25, -0.2) is 0 Å². The summed E-state index contributed by atoms with van der Waals surface area (Å²) >= 11 is 6.85. The van der Waals surface area contributed by atoms with Crippen LogP contribution in [0.5, 0.6) is 5.75 Å². The normalized spacial score (nSPS) is 10.6. The molecule has 0 saturated heterocycles. The van der Waals surface area contributed by atoms with Gasteiger partial charge in [-0.2, -0.15) is 4.68 Å². The van der Waals surface area contributed by atoms with Crippen LogP contribution in [-0.4, -0.2) is 33.5 Å². The van der Waals surface area contributed by atoms with Crippen LogP contribution in [0.1, 0.15) is 10.4 Å². The zero-order chi connectivity index (χ0) is 19.4. The average molecular weight is 403 g/mol. The number of aromatic nitrogens is 3. The number of methoxy groups -OCH3 is 1. The summed E-state index contributed by atoms with van der Waals surface area (Å²) in [6, 6.07) is 13.4. The second kappa shape index (κ2) is 8.24. The van der Waals surface area contributed by atoms with Gasteiger partial charge >= 0.3 is 0 Å². The fraction of sp³-hybridized carbons (Fsp3) is 0.111. The number of Topliss-reactive ketones (excluding diaryl/α,β-unsaturated/α-hetero) is 1. The van der Waals surface area contributed by atoms with E-state index in [0.717, 1.165) is 16.4 Å². The fourth-order valence-corrected chi connectivity index (χ4v) is 3.14. The van der Waals surface area contributed by atoms with Crippen molar-refractivity contribution in [2.45, 2.75) is 5.16 Å². The molecule has 9 heteroatoms. The second-order valence-corrected chi connectivity index (χ2v) is 6.83. The number of nitrogen functional groups attached to an aromatic ring is 1. The summed E-state index contributed by atoms with van der Waals surface area (Å²) in [5.41, 5.74) is 0.701. The molecule has 3 rings (SSSR count). The lowest BCUT2D eigenvalue weighted by molar-refractivity contribution is 0.102. The zero-order valence-corrected chi connectivity index (χ0v) is 15.8. The van der Waals surface area contributed by atoms with Crippen LogP contribution in [0.15, 0.2) is 58.5 Å². The Kier molecular flexibility index (Phi) is 5.78. The van der Waals surface area contributed by atoms with Gasteiger partial charge in [0.05, 0.1) is 12.9 Å². The van der Waals surface area contributed by atoms with Crippen LogP contribution in [0.4, 0.5) is 0 Å². The Bertz CT molecular complexity index is 1020. The van der Waals surface area contributed by atoms with E-state index >= 15 is 0 Å². The number of halogens is 1. The molecule has 0 fully saturated rings. The lowest BCUT2D eigenvalue weighted by atomic mass is 10.1. The Morgan fingerprint density at radius 2 is 1.81 bits per heavy atom. The maximum Gasteiger partial charge on any atom is 0.299 e. The van der Waals surface area contributed by atoms with Gasteiger partial charge in [0.2, 0.25) is 5.16 Å². The van der Waals surface area contributed by atoms with E-state index in [-0.39, 0.29) is 22.4 Å². The van der Waals surface area contributed by atoms with Crippen LogP contribution in [0, 0.1) is 0 Å². The first-order chi connectivity index (χ1) is 13.0. The molecule has 0 saturated carbocycles. The molecule has 0 aliphatic rings. The van der Waals surface area contributed by atoms with Crippen molar-refractivity contribution in [3.63, 3.8) is 0 Å². The summed E-state index contributed by atoms with van der Waals surface area (Å²) < 4.78 is 5.98. The van der Waals surface area contributed by atoms with Crippen LogP contribution in [0.25, 0.3) is 11.3 Å². The molecule has 2 aromatic carbocycles. The monoisotopic (exact) mass is 402 g/mol. The van der Waals surface area contributed by atoms with E-state index in [1.54, 1.807) is 55.6 Å². The number of nitrogens with two attached hydrogens (primary N) is 1. The van der Waals surface area contributed by atoms with E-state index < -0.39 is 5.56 Å². The van der Waals surface area contributed by atoms with E-state index in [0.29, 0.717) is 21.9 Å². The third-order valence-corrected chi connectivity index (χ3v) is 4.92. The van der Waals surface area contributed by atoms with Gasteiger partial charge in [-0.1, -0.05) is 23.4 Å². The van der Waals surface area contributed by atoms with Crippen molar-refractivity contribution in [1.29, 1.82) is 0 Å². The number of ether oxygens (including phenoxy) is 1. The summed E-state index contributed by atoms with van der Waals surface area (Å²) in [5, 5.41) is 8.66. The molecule has 0 radical (unpaired) electrons. The van der Waals surface area contributed by atoms with Crippen molar-refractivity contribution in [2.24, 2.45) is 0 Å². The van der Waals surface area contributed by atoms with Crippen molar-refractivity contribution in [3.05, 3.63) is 69.5 Å². The van der Waals surface area contributed by atoms with E-state index in [2.05, 4.69) is 10.2 Å². The SMILES string of the molecule is COc1ccc(-c2nnc(SCC(=O)c3ccc(Cl)cc3)n(N)c2=O)cc1. The minimum absolute atomic E-state index is 0.0643. The predicted octanol–water partition coefficient (Wildman–Crippen LogP) is 2.66. The standard InChI is InChI=1S/C18H15ClN4O3S/c1-26-14-8-4-12(5-9-14)16-17(25)23(20)18(22-21-16)27-10-15(24)11-2-6-13(19)7-3-11/h2-9H,10,20H2,1H3. The lowest BCUT2D eigenvalue weighted by Gasteiger charge is -2.08. The zero-order valence-electron chi connectivity index (χ0n) is 14.3. The second-order valence-electron chi connectivity index (χ2n) is 5.45. The van der Waals surface area contributed by atoms with Crippen LogP contribution in [-0.2, 0) is 0 Å². The number of ketones is 1. The highest BCUT2D eigenvalue weighted by Gasteiger charge is 2.14. The third-order valence-electron chi connectivity index (χ3n) is 3.73. The molecule has 2 N–H and O–H groups in total. The molecule has 3 aromatic rings. The molecule has 1 aromatic heterocycles. The summed E-state index contributed by atoms with van der Waals surface area (Å²) in [4.78, 5) is 24.7. The number of hydrogen-bond donors (Lipinski definition) is 1. The summed E-state index contributed by atoms with van der Waals surface area (Å²) in [6.45, 7) is 0. The highest BCUT2D eigenvalue weighted by Crippen LogP contribution is 2.20. The largest absolute Gasteiger partial charge is 0.497 e. The molecule has 138 valence electrons. The number of nitrogens with zero attached hydrogens (tertiary/aromatic N) is 3. The first-order valence-corrected chi connectivity index (χ1v) is 9.16. The van der Waals surface area contributed by atoms with E-state index in [1.165, 1.54) is 0 Å². The van der Waals surface area contributed by atoms with Crippen LogP contribution >= 0.6 is 23.4 Å². The molecule has 0 aliphatic heterocycles. The van der Waals surface area contributed by atoms with Gasteiger partial charge in [0.25, 0.3) is 5.56 Å². The molecule has 0 spiro atoms. The van der Waals surface area contributed by atoms with Gasteiger partial charge in [-0.3, -0.25) is 9.59 Å². The van der Waals surface area contributed by atoms with Crippen molar-refractivity contribution < 1.29 is 9.53 Å². The molecule has 0 amide bonds. The summed E-state index contributed by atoms with van der Waals surface area (Å²) in [5.74, 6) is 6.44. The van der Waals surface area contributed by atoms with Crippen LogP contribution in [0.3, 0.4) is 0 Å². The smallest absolute Gasteiger partial charge is 0.299 e. The Labute approximate surface area is 164 Å². The molecule has 1 heterocycles. The van der Waals surface area contributed by atoms with Crippen molar-refractivity contribution in [3.8, 4) is 17.0 Å². The summed E-state index contributed by atoms with van der Waals surface area (Å²) in [6.07, 6.45) is 0. The minimum Gasteiger partial charge on any atom is -0.497 e. The number of rotatable bonds is 6. The Balaban J connectivity index is 1.77. The first kappa shape index (κ1) is 18.9. The molecule has 0 unspecified atom stereocenters. The van der Waals surface area contributed by atoms with E-state index in [9.17, 15) is 9.59 Å². The van der Waals surface area contributed by atoms with Crippen molar-refractivity contribution in [1.82, 2.24) is 14.9 Å². The topological polar surface area (TPSA) is 100 Å². The Morgan fingerprint density at radius 1 is 1.15 bits per heavy atom. The molecular formula is C18H15ClN4O3S. The maximum atomic E-state index is 12.5. The molecule has 0 atom stereocenters. The average Bonchev–Trinajstić information content (AvgIpc) is 2.69. The van der Waals surface area contributed by atoms with Crippen molar-refractivity contribution >= 4 is 29.1 Å². The van der Waals surface area contributed by atoms with E-state index in [1.807, 2.05) is 0 Å². The van der Waals surface area contributed by atoms with Gasteiger partial charge < -0.3 is 10.6 Å². The summed E-state index contributed by atoms with van der Waals surface area (Å²) in [7, 11) is 1.55. The lowest BCUT2D eigenvalue weighted by Crippen LogP contribution is -2.32. The minimum atomic E-state index is -0.503. The van der Waals surface area contributed by atoms with Gasteiger partial charge in [-0.15, -0.1) is 10.2 Å². The van der Waals surface area contributed by atoms with Crippen LogP contribution in [0.2, 0.25) is 5.02 Å². The van der Waals surface area contributed by atoms with Crippen molar-refractivity contribution in [2.75, 3.05) is 18.7 Å². The first-order valence-electron chi connectivity index (χ1n) is 7.80. The van der Waals surface area contributed by atoms with Gasteiger partial charge in [-0.05, 0) is 48.5 Å². The fourth-order valence-electron chi connectivity index (χ4n) is 2.26. The number of carbonyl (C=O) groups is 1. The number of carbonyl (C=O) groups excluding carboxylic acids is 1. The molecular weight excluding hydrogens is 388 g/mol. The number of benzene rings is 2. The number of hydrogen-bond acceptors (Lipinski definition) is 7. The van der Waals surface area contributed by atoms with E-state index in [4.69, 9.17) is 22.2 Å². The van der Waals surface area contributed by atoms with Gasteiger partial charge in [0.15, 0.2) is 11.5 Å². The third kappa shape index (κ3) is 4.29. The van der Waals surface area contributed by atoms with Gasteiger partial charge in [0.1, 0.15) is 5.75 Å². The Hall–Kier alpha value is -2.84. The molecule has 7 nitrogen and oxygen atoms in total. The molecule has 27 heavy (non-hydrogen) atoms. The number of thioether (sulfide) groups is 1. The predicted molar refractivity (Wildman–Crippen MR) is 105 cm³/mol. The highest BCUT2D eigenvalue weighted by atomic mass is 35.5. The Morgan fingerprint density at radius 3 is 2.44 bits per heavy atom. The molecule has 0 aliphatic carbocycles. The quantitative estimate of drug-likeness (QED) is 0.384. The maximum absolute atomic E-state index is 12.5. The molecule has 0 bridgehead atoms. The highest BCUT2D eigenvalue weighted by molar-refractivity contribution is 7.99.